The summed E-state index contributed by atoms with van der Waals surface area (Å²) >= 11 is 0. The maximum atomic E-state index is 2.68. The van der Waals surface area contributed by atoms with Gasteiger partial charge >= 0.3 is 0 Å². The van der Waals surface area contributed by atoms with E-state index < -0.39 is 0 Å². The van der Waals surface area contributed by atoms with Crippen LogP contribution >= 0.6 is 0 Å². The second kappa shape index (κ2) is 4.12. The molecule has 0 aromatic heterocycles. The summed E-state index contributed by atoms with van der Waals surface area (Å²) in [5.41, 5.74) is 3.15. The highest BCUT2D eigenvalue weighted by Crippen LogP contribution is 2.47. The Balaban J connectivity index is 1.99. The molecular weight excluding hydrogens is 194 g/mol. The predicted octanol–water partition coefficient (Wildman–Crippen LogP) is 3.94. The Bertz CT molecular complexity index is 371. The molecule has 0 spiro atoms. The fourth-order valence-electron chi connectivity index (χ4n) is 3.62. The van der Waals surface area contributed by atoms with E-state index in [1.54, 1.807) is 5.56 Å². The first-order chi connectivity index (χ1) is 7.92. The lowest BCUT2D eigenvalue weighted by Crippen LogP contribution is -2.36. The molecule has 0 bridgehead atoms. The van der Waals surface area contributed by atoms with Crippen LogP contribution in [-0.2, 0) is 0 Å². The maximum Gasteiger partial charge on any atom is 0.0405 e. The van der Waals surface area contributed by atoms with Crippen molar-refractivity contribution in [3.05, 3.63) is 29.8 Å². The van der Waals surface area contributed by atoms with Crippen molar-refractivity contribution in [3.63, 3.8) is 0 Å². The molecule has 1 saturated carbocycles. The van der Waals surface area contributed by atoms with Crippen LogP contribution in [0.15, 0.2) is 24.3 Å². The lowest BCUT2D eigenvalue weighted by molar-refractivity contribution is 0.386. The Hall–Kier alpha value is -0.980. The van der Waals surface area contributed by atoms with Crippen molar-refractivity contribution in [1.82, 2.24) is 0 Å². The molecule has 3 rings (SSSR count). The second-order valence-electron chi connectivity index (χ2n) is 5.21. The van der Waals surface area contributed by atoms with Crippen LogP contribution in [-0.4, -0.2) is 12.6 Å². The summed E-state index contributed by atoms with van der Waals surface area (Å²) in [6, 6.07) is 9.89. The molecule has 86 valence electrons. The highest BCUT2D eigenvalue weighted by Gasteiger charge is 2.38. The molecule has 1 aromatic rings. The smallest absolute Gasteiger partial charge is 0.0405 e. The molecule has 1 heterocycles. The van der Waals surface area contributed by atoms with Crippen molar-refractivity contribution in [2.75, 3.05) is 11.4 Å². The molecule has 1 aliphatic heterocycles. The summed E-state index contributed by atoms with van der Waals surface area (Å²) in [5, 5.41) is 0. The maximum absolute atomic E-state index is 2.68. The number of benzene rings is 1. The van der Waals surface area contributed by atoms with Crippen LogP contribution < -0.4 is 4.90 Å². The number of hydrogen-bond acceptors (Lipinski definition) is 1. The quantitative estimate of drug-likeness (QED) is 0.722. The van der Waals surface area contributed by atoms with E-state index in [0.29, 0.717) is 0 Å². The van der Waals surface area contributed by atoms with Crippen molar-refractivity contribution in [2.45, 2.75) is 51.0 Å². The van der Waals surface area contributed by atoms with Crippen LogP contribution in [0.25, 0.3) is 0 Å². The van der Waals surface area contributed by atoms with Gasteiger partial charge in [0, 0.05) is 24.2 Å². The molecule has 2 atom stereocenters. The molecule has 2 aliphatic rings. The van der Waals surface area contributed by atoms with E-state index >= 15 is 0 Å². The standard InChI is InChI=1S/C15H21N/c1-2-11-16-14-9-5-3-7-12(14)13-8-4-6-10-15(13)16/h3,5,7,9,13,15H,2,4,6,8,10-11H2,1H3. The zero-order valence-corrected chi connectivity index (χ0v) is 10.2. The molecule has 1 fully saturated rings. The van der Waals surface area contributed by atoms with E-state index in [1.807, 2.05) is 0 Å². The zero-order valence-electron chi connectivity index (χ0n) is 10.2. The number of fused-ring (bicyclic) bond motifs is 3. The highest BCUT2D eigenvalue weighted by molar-refractivity contribution is 5.62. The van der Waals surface area contributed by atoms with Gasteiger partial charge in [-0.25, -0.2) is 0 Å². The Morgan fingerprint density at radius 3 is 2.88 bits per heavy atom. The van der Waals surface area contributed by atoms with Crippen LogP contribution in [0.3, 0.4) is 0 Å². The molecular formula is C15H21N. The van der Waals surface area contributed by atoms with E-state index in [-0.39, 0.29) is 0 Å². The van der Waals surface area contributed by atoms with Crippen molar-refractivity contribution in [1.29, 1.82) is 0 Å². The fourth-order valence-corrected chi connectivity index (χ4v) is 3.62. The van der Waals surface area contributed by atoms with Crippen molar-refractivity contribution in [2.24, 2.45) is 0 Å². The van der Waals surface area contributed by atoms with E-state index in [0.717, 1.165) is 12.0 Å². The van der Waals surface area contributed by atoms with Gasteiger partial charge in [0.15, 0.2) is 0 Å². The monoisotopic (exact) mass is 215 g/mol. The van der Waals surface area contributed by atoms with Crippen LogP contribution in [0.4, 0.5) is 5.69 Å². The molecule has 1 heteroatoms. The summed E-state index contributed by atoms with van der Waals surface area (Å²) in [6.45, 7) is 3.52. The van der Waals surface area contributed by atoms with Gasteiger partial charge in [0.25, 0.3) is 0 Å². The topological polar surface area (TPSA) is 3.24 Å². The molecule has 0 radical (unpaired) electrons. The summed E-state index contributed by atoms with van der Waals surface area (Å²) in [4.78, 5) is 2.68. The largest absolute Gasteiger partial charge is 0.368 e. The lowest BCUT2D eigenvalue weighted by Gasteiger charge is -2.33. The summed E-state index contributed by atoms with van der Waals surface area (Å²) in [5.74, 6) is 0.830. The van der Waals surface area contributed by atoms with Gasteiger partial charge in [-0.05, 0) is 30.9 Å². The van der Waals surface area contributed by atoms with Crippen LogP contribution in [0.2, 0.25) is 0 Å². The predicted molar refractivity (Wildman–Crippen MR) is 69.1 cm³/mol. The van der Waals surface area contributed by atoms with Gasteiger partial charge in [-0.15, -0.1) is 0 Å². The third-order valence-corrected chi connectivity index (χ3v) is 4.24. The average molecular weight is 215 g/mol. The van der Waals surface area contributed by atoms with E-state index in [9.17, 15) is 0 Å². The number of para-hydroxylation sites is 1. The minimum absolute atomic E-state index is 0.811. The minimum Gasteiger partial charge on any atom is -0.368 e. The lowest BCUT2D eigenvalue weighted by atomic mass is 9.82. The van der Waals surface area contributed by atoms with Gasteiger partial charge in [0.05, 0.1) is 0 Å². The van der Waals surface area contributed by atoms with Gasteiger partial charge in [0.2, 0.25) is 0 Å². The fraction of sp³-hybridized carbons (Fsp3) is 0.600. The molecule has 16 heavy (non-hydrogen) atoms. The average Bonchev–Trinajstić information content (AvgIpc) is 2.66. The van der Waals surface area contributed by atoms with Gasteiger partial charge in [0.1, 0.15) is 0 Å². The van der Waals surface area contributed by atoms with Crippen molar-refractivity contribution in [3.8, 4) is 0 Å². The molecule has 1 nitrogen and oxygen atoms in total. The van der Waals surface area contributed by atoms with E-state index in [4.69, 9.17) is 0 Å². The molecule has 0 saturated heterocycles. The normalized spacial score (nSPS) is 27.7. The third-order valence-electron chi connectivity index (χ3n) is 4.24. The molecule has 1 aliphatic carbocycles. The Kier molecular flexibility index (Phi) is 2.62. The molecule has 1 aromatic carbocycles. The minimum atomic E-state index is 0.811. The van der Waals surface area contributed by atoms with Crippen LogP contribution in [0.1, 0.15) is 50.5 Å². The number of anilines is 1. The zero-order chi connectivity index (χ0) is 11.0. The second-order valence-corrected chi connectivity index (χ2v) is 5.21. The molecule has 0 N–H and O–H groups in total. The van der Waals surface area contributed by atoms with E-state index in [1.165, 1.54) is 44.3 Å². The SMILES string of the molecule is CCCN1c2ccccc2C2CCCCC21. The summed E-state index contributed by atoms with van der Waals surface area (Å²) in [7, 11) is 0. The summed E-state index contributed by atoms with van der Waals surface area (Å²) < 4.78 is 0. The first-order valence-corrected chi connectivity index (χ1v) is 6.77. The van der Waals surface area contributed by atoms with Gasteiger partial charge < -0.3 is 4.90 Å². The molecule has 2 unspecified atom stereocenters. The van der Waals surface area contributed by atoms with Crippen molar-refractivity contribution < 1.29 is 0 Å². The van der Waals surface area contributed by atoms with E-state index in [2.05, 4.69) is 36.1 Å². The number of nitrogens with zero attached hydrogens (tertiary/aromatic N) is 1. The Morgan fingerprint density at radius 1 is 1.19 bits per heavy atom. The number of rotatable bonds is 2. The van der Waals surface area contributed by atoms with Crippen LogP contribution in [0.5, 0.6) is 0 Å². The first-order valence-electron chi connectivity index (χ1n) is 6.77. The Morgan fingerprint density at radius 2 is 2.00 bits per heavy atom. The van der Waals surface area contributed by atoms with Crippen LogP contribution in [0, 0.1) is 0 Å². The van der Waals surface area contributed by atoms with Gasteiger partial charge in [-0.2, -0.15) is 0 Å². The van der Waals surface area contributed by atoms with Gasteiger partial charge in [-0.1, -0.05) is 38.0 Å². The summed E-state index contributed by atoms with van der Waals surface area (Å²) in [6.07, 6.45) is 6.92. The highest BCUT2D eigenvalue weighted by atomic mass is 15.2. The first kappa shape index (κ1) is 10.2. The number of hydrogen-bond donors (Lipinski definition) is 0. The molecule has 0 amide bonds. The van der Waals surface area contributed by atoms with Crippen molar-refractivity contribution >= 4 is 5.69 Å². The van der Waals surface area contributed by atoms with Gasteiger partial charge in [-0.3, -0.25) is 0 Å². The third kappa shape index (κ3) is 1.45. The Labute approximate surface area is 98.5 Å².